The van der Waals surface area contributed by atoms with E-state index in [1.807, 2.05) is 39.0 Å². The van der Waals surface area contributed by atoms with Gasteiger partial charge in [-0.25, -0.2) is 0 Å². The highest BCUT2D eigenvalue weighted by molar-refractivity contribution is 5.15. The van der Waals surface area contributed by atoms with Crippen LogP contribution < -0.4 is 11.1 Å². The molecule has 0 saturated heterocycles. The van der Waals surface area contributed by atoms with Gasteiger partial charge in [0.2, 0.25) is 0 Å². The zero-order valence-corrected chi connectivity index (χ0v) is 8.09. The summed E-state index contributed by atoms with van der Waals surface area (Å²) in [4.78, 5) is 0. The van der Waals surface area contributed by atoms with Gasteiger partial charge in [-0.2, -0.15) is 0 Å². The molecule has 3 N–H and O–H groups in total. The predicted molar refractivity (Wildman–Crippen MR) is 54.5 cm³/mol. The third kappa shape index (κ3) is 4.61. The van der Waals surface area contributed by atoms with Gasteiger partial charge in [-0.1, -0.05) is 18.7 Å². The molecule has 68 valence electrons. The Morgan fingerprint density at radius 3 is 2.58 bits per heavy atom. The van der Waals surface area contributed by atoms with Crippen LogP contribution in [0, 0.1) is 0 Å². The normalized spacial score (nSPS) is 14.8. The lowest BCUT2D eigenvalue weighted by Gasteiger charge is -2.14. The number of rotatable bonds is 4. The maximum absolute atomic E-state index is 5.76. The van der Waals surface area contributed by atoms with Crippen molar-refractivity contribution in [3.8, 4) is 0 Å². The molecule has 1 atom stereocenters. The molecular weight excluding hydrogens is 148 g/mol. The molecule has 0 aliphatic carbocycles. The average molecular weight is 166 g/mol. The smallest absolute Gasteiger partial charge is 0.0626 e. The first-order valence-electron chi connectivity index (χ1n) is 4.08. The van der Waals surface area contributed by atoms with Crippen molar-refractivity contribution in [2.75, 3.05) is 0 Å². The zero-order chi connectivity index (χ0) is 9.56. The van der Waals surface area contributed by atoms with Crippen molar-refractivity contribution in [1.82, 2.24) is 5.32 Å². The Morgan fingerprint density at radius 2 is 2.17 bits per heavy atom. The van der Waals surface area contributed by atoms with E-state index in [1.54, 1.807) is 0 Å². The van der Waals surface area contributed by atoms with Crippen LogP contribution >= 0.6 is 0 Å². The number of nitrogens with one attached hydrogen (secondary N) is 1. The van der Waals surface area contributed by atoms with E-state index in [9.17, 15) is 0 Å². The van der Waals surface area contributed by atoms with Crippen LogP contribution in [0.15, 0.2) is 36.2 Å². The standard InChI is InChI=1S/C10H18N2/c1-5-6-7-10(11)9(4)12-8(2)3/h5-7,9,12H,2,11H2,1,3-4H3/b6-5-,10-7+. The van der Waals surface area contributed by atoms with Crippen molar-refractivity contribution >= 4 is 0 Å². The number of hydrogen-bond acceptors (Lipinski definition) is 2. The lowest BCUT2D eigenvalue weighted by molar-refractivity contribution is 0.688. The largest absolute Gasteiger partial charge is 0.400 e. The van der Waals surface area contributed by atoms with Crippen molar-refractivity contribution in [2.24, 2.45) is 5.73 Å². The SMILES string of the molecule is C=C(C)NC(C)/C(N)=C\C=C/C. The molecule has 0 heterocycles. The molecule has 0 aromatic carbocycles. The summed E-state index contributed by atoms with van der Waals surface area (Å²) in [5, 5.41) is 3.13. The van der Waals surface area contributed by atoms with E-state index in [0.29, 0.717) is 0 Å². The van der Waals surface area contributed by atoms with Crippen LogP contribution in [0.5, 0.6) is 0 Å². The van der Waals surface area contributed by atoms with Gasteiger partial charge >= 0.3 is 0 Å². The highest BCUT2D eigenvalue weighted by atomic mass is 14.9. The molecule has 0 amide bonds. The van der Waals surface area contributed by atoms with E-state index in [0.717, 1.165) is 11.4 Å². The molecule has 1 unspecified atom stereocenters. The lowest BCUT2D eigenvalue weighted by atomic mass is 10.2. The molecule has 0 aromatic rings. The second-order valence-electron chi connectivity index (χ2n) is 2.84. The fourth-order valence-electron chi connectivity index (χ4n) is 0.805. The Labute approximate surface area is 74.8 Å². The Balaban J connectivity index is 4.08. The van der Waals surface area contributed by atoms with Gasteiger partial charge in [0.05, 0.1) is 6.04 Å². The summed E-state index contributed by atoms with van der Waals surface area (Å²) in [6.45, 7) is 9.62. The molecule has 0 aromatic heterocycles. The van der Waals surface area contributed by atoms with Crippen LogP contribution in [0.1, 0.15) is 20.8 Å². The molecule has 0 aliphatic rings. The minimum absolute atomic E-state index is 0.152. The third-order valence-electron chi connectivity index (χ3n) is 1.44. The molecule has 2 heteroatoms. The van der Waals surface area contributed by atoms with Crippen molar-refractivity contribution in [3.05, 3.63) is 36.2 Å². The first kappa shape index (κ1) is 10.8. The van der Waals surface area contributed by atoms with E-state index < -0.39 is 0 Å². The van der Waals surface area contributed by atoms with Gasteiger partial charge in [0, 0.05) is 11.4 Å². The zero-order valence-electron chi connectivity index (χ0n) is 8.09. The first-order chi connectivity index (χ1) is 5.57. The first-order valence-corrected chi connectivity index (χ1v) is 4.08. The van der Waals surface area contributed by atoms with Gasteiger partial charge in [0.25, 0.3) is 0 Å². The van der Waals surface area contributed by atoms with E-state index in [4.69, 9.17) is 5.73 Å². The number of allylic oxidation sites excluding steroid dienone is 4. The maximum Gasteiger partial charge on any atom is 0.0626 e. The summed E-state index contributed by atoms with van der Waals surface area (Å²) in [5.41, 5.74) is 7.50. The molecule has 0 radical (unpaired) electrons. The van der Waals surface area contributed by atoms with E-state index in [2.05, 4.69) is 11.9 Å². The Bertz CT molecular complexity index is 202. The summed E-state index contributed by atoms with van der Waals surface area (Å²) in [5.74, 6) is 0. The molecule has 0 rings (SSSR count). The molecule has 0 bridgehead atoms. The third-order valence-corrected chi connectivity index (χ3v) is 1.44. The second-order valence-corrected chi connectivity index (χ2v) is 2.84. The van der Waals surface area contributed by atoms with E-state index >= 15 is 0 Å². The lowest BCUT2D eigenvalue weighted by Crippen LogP contribution is -2.29. The number of nitrogens with two attached hydrogens (primary N) is 1. The maximum atomic E-state index is 5.76. The van der Waals surface area contributed by atoms with Gasteiger partial charge in [0.1, 0.15) is 0 Å². The molecule has 12 heavy (non-hydrogen) atoms. The Kier molecular flexibility index (Phi) is 4.93. The number of hydrogen-bond donors (Lipinski definition) is 2. The van der Waals surface area contributed by atoms with Crippen molar-refractivity contribution < 1.29 is 0 Å². The molecule has 2 nitrogen and oxygen atoms in total. The Morgan fingerprint density at radius 1 is 1.58 bits per heavy atom. The van der Waals surface area contributed by atoms with Gasteiger partial charge in [-0.05, 0) is 26.8 Å². The van der Waals surface area contributed by atoms with E-state index in [-0.39, 0.29) is 6.04 Å². The average Bonchev–Trinajstić information content (AvgIpc) is 1.98. The molecule has 0 spiro atoms. The molecule has 0 aliphatic heterocycles. The minimum Gasteiger partial charge on any atom is -0.400 e. The second kappa shape index (κ2) is 5.47. The fraction of sp³-hybridized carbons (Fsp3) is 0.400. The Hall–Kier alpha value is -1.18. The fourth-order valence-corrected chi connectivity index (χ4v) is 0.805. The minimum atomic E-state index is 0.152. The van der Waals surface area contributed by atoms with E-state index in [1.165, 1.54) is 0 Å². The summed E-state index contributed by atoms with van der Waals surface area (Å²) >= 11 is 0. The van der Waals surface area contributed by atoms with Gasteiger partial charge in [0.15, 0.2) is 0 Å². The quantitative estimate of drug-likeness (QED) is 0.626. The summed E-state index contributed by atoms with van der Waals surface area (Å²) in [7, 11) is 0. The molecule has 0 fully saturated rings. The summed E-state index contributed by atoms with van der Waals surface area (Å²) < 4.78 is 0. The highest BCUT2D eigenvalue weighted by Crippen LogP contribution is 1.96. The summed E-state index contributed by atoms with van der Waals surface area (Å²) in [6.07, 6.45) is 5.76. The molecule has 0 saturated carbocycles. The van der Waals surface area contributed by atoms with Crippen LogP contribution in [-0.4, -0.2) is 6.04 Å². The summed E-state index contributed by atoms with van der Waals surface area (Å²) in [6, 6.07) is 0.152. The van der Waals surface area contributed by atoms with Gasteiger partial charge in [-0.15, -0.1) is 0 Å². The van der Waals surface area contributed by atoms with Gasteiger partial charge in [-0.3, -0.25) is 0 Å². The van der Waals surface area contributed by atoms with Crippen LogP contribution in [0.3, 0.4) is 0 Å². The predicted octanol–water partition coefficient (Wildman–Crippen LogP) is 1.92. The van der Waals surface area contributed by atoms with Crippen LogP contribution in [-0.2, 0) is 0 Å². The topological polar surface area (TPSA) is 38.0 Å². The van der Waals surface area contributed by atoms with Crippen molar-refractivity contribution in [3.63, 3.8) is 0 Å². The molecular formula is C10H18N2. The van der Waals surface area contributed by atoms with Crippen LogP contribution in [0.25, 0.3) is 0 Å². The highest BCUT2D eigenvalue weighted by Gasteiger charge is 2.01. The monoisotopic (exact) mass is 166 g/mol. The van der Waals surface area contributed by atoms with Crippen LogP contribution in [0.2, 0.25) is 0 Å². The van der Waals surface area contributed by atoms with Gasteiger partial charge < -0.3 is 11.1 Å². The van der Waals surface area contributed by atoms with Crippen molar-refractivity contribution in [2.45, 2.75) is 26.8 Å². The van der Waals surface area contributed by atoms with Crippen LogP contribution in [0.4, 0.5) is 0 Å². The van der Waals surface area contributed by atoms with Crippen molar-refractivity contribution in [1.29, 1.82) is 0 Å².